The molecule has 0 aliphatic carbocycles. The van der Waals surface area contributed by atoms with Crippen LogP contribution in [-0.2, 0) is 37.5 Å². The Bertz CT molecular complexity index is 1520. The van der Waals surface area contributed by atoms with Crippen molar-refractivity contribution in [2.24, 2.45) is 5.73 Å². The number of aliphatic carboxylic acids is 1. The minimum atomic E-state index is -4.76. The van der Waals surface area contributed by atoms with Gasteiger partial charge in [0.1, 0.15) is 12.6 Å². The number of carboxylic acid groups (broad SMARTS) is 1. The van der Waals surface area contributed by atoms with Crippen molar-refractivity contribution >= 4 is 25.7 Å². The van der Waals surface area contributed by atoms with Crippen LogP contribution in [0.5, 0.6) is 0 Å². The van der Waals surface area contributed by atoms with Crippen molar-refractivity contribution in [3.63, 3.8) is 0 Å². The summed E-state index contributed by atoms with van der Waals surface area (Å²) in [5, 5.41) is 8.89. The van der Waals surface area contributed by atoms with Crippen LogP contribution in [0.25, 0.3) is 0 Å². The average Bonchev–Trinajstić information content (AvgIpc) is 3.22. The van der Waals surface area contributed by atoms with Crippen molar-refractivity contribution in [2.75, 3.05) is 19.8 Å². The molecule has 1 unspecified atom stereocenters. The molecule has 0 aliphatic rings. The largest absolute Gasteiger partial charge is 0.480 e. The smallest absolute Gasteiger partial charge is 0.472 e. The summed E-state index contributed by atoms with van der Waals surface area (Å²) >= 11 is 0. The molecule has 0 amide bonds. The van der Waals surface area contributed by atoms with Crippen molar-refractivity contribution in [2.45, 2.75) is 129 Å². The second kappa shape index (κ2) is 41.4. The molecule has 0 bridgehead atoms. The zero-order valence-electron chi connectivity index (χ0n) is 36.0. The maximum absolute atomic E-state index is 12.6. The van der Waals surface area contributed by atoms with Gasteiger partial charge in [-0.1, -0.05) is 148 Å². The van der Waals surface area contributed by atoms with Crippen LogP contribution in [-0.4, -0.2) is 59.9 Å². The molecule has 0 aliphatic heterocycles. The average molecular weight is 854 g/mol. The van der Waals surface area contributed by atoms with Crippen molar-refractivity contribution in [1.29, 1.82) is 0 Å². The highest BCUT2D eigenvalue weighted by atomic mass is 31.2. The quantitative estimate of drug-likeness (QED) is 0.0235. The van der Waals surface area contributed by atoms with E-state index in [1.807, 2.05) is 30.4 Å². The molecule has 0 aromatic carbocycles. The van der Waals surface area contributed by atoms with E-state index in [9.17, 15) is 23.8 Å². The molecule has 11 nitrogen and oxygen atoms in total. The summed E-state index contributed by atoms with van der Waals surface area (Å²) in [6, 6.07) is -1.55. The Balaban J connectivity index is 4.63. The number of phosphoric ester groups is 1. The van der Waals surface area contributed by atoms with Crippen LogP contribution in [0.3, 0.4) is 0 Å². The van der Waals surface area contributed by atoms with Crippen LogP contribution in [0.4, 0.5) is 0 Å². The molecular formula is C48H72NO10P. The second-order valence-electron chi connectivity index (χ2n) is 13.4. The summed E-state index contributed by atoms with van der Waals surface area (Å²) in [7, 11) is -4.76. The molecule has 0 aromatic rings. The number of rotatable bonds is 37. The lowest BCUT2D eigenvalue weighted by Gasteiger charge is -2.20. The third kappa shape index (κ3) is 40.4. The van der Waals surface area contributed by atoms with Gasteiger partial charge in [0.05, 0.1) is 13.2 Å². The lowest BCUT2D eigenvalue weighted by atomic mass is 10.2. The van der Waals surface area contributed by atoms with E-state index >= 15 is 0 Å². The molecule has 12 heteroatoms. The molecule has 60 heavy (non-hydrogen) atoms. The molecule has 0 spiro atoms. The number of carbonyl (C=O) groups excluding carboxylic acids is 2. The molecule has 0 saturated carbocycles. The molecule has 0 heterocycles. The summed E-state index contributed by atoms with van der Waals surface area (Å²) in [5.74, 6) is -2.58. The number of hydrogen-bond donors (Lipinski definition) is 3. The number of phosphoric acid groups is 1. The fourth-order valence-electron chi connectivity index (χ4n) is 4.65. The lowest BCUT2D eigenvalue weighted by molar-refractivity contribution is -0.161. The third-order valence-corrected chi connectivity index (χ3v) is 8.86. The van der Waals surface area contributed by atoms with Gasteiger partial charge < -0.3 is 25.2 Å². The van der Waals surface area contributed by atoms with Crippen LogP contribution in [0, 0.1) is 0 Å². The summed E-state index contributed by atoms with van der Waals surface area (Å²) in [5.41, 5.74) is 5.32. The maximum Gasteiger partial charge on any atom is 0.472 e. The van der Waals surface area contributed by atoms with Crippen LogP contribution in [0.2, 0.25) is 0 Å². The van der Waals surface area contributed by atoms with E-state index in [1.54, 1.807) is 0 Å². The first kappa shape index (κ1) is 55.6. The van der Waals surface area contributed by atoms with Gasteiger partial charge in [-0.15, -0.1) is 0 Å². The van der Waals surface area contributed by atoms with Crippen LogP contribution >= 0.6 is 7.82 Å². The molecule has 0 radical (unpaired) electrons. The monoisotopic (exact) mass is 853 g/mol. The Kier molecular flexibility index (Phi) is 38.3. The van der Waals surface area contributed by atoms with E-state index in [2.05, 4.69) is 122 Å². The van der Waals surface area contributed by atoms with E-state index in [-0.39, 0.29) is 12.8 Å². The SMILES string of the molecule is CC/C=C\C/C=C\C/C=C\C/C=C\C/C=C\C/C=C\CCC(=O)OC[C@H](COP(=O)(O)OC[C@H](N)C(=O)O)OC(=O)CCC/C=C\C/C=C\C/C=C\C/C=C\C/C=C\CC. The Morgan fingerprint density at radius 1 is 0.517 bits per heavy atom. The van der Waals surface area contributed by atoms with Gasteiger partial charge in [-0.25, -0.2) is 4.57 Å². The van der Waals surface area contributed by atoms with Gasteiger partial charge >= 0.3 is 25.7 Å². The van der Waals surface area contributed by atoms with E-state index in [0.29, 0.717) is 19.3 Å². The summed E-state index contributed by atoms with van der Waals surface area (Å²) in [4.78, 5) is 45.9. The number of ether oxygens (including phenoxy) is 2. The highest BCUT2D eigenvalue weighted by Crippen LogP contribution is 2.43. The molecule has 0 rings (SSSR count). The molecular weight excluding hydrogens is 781 g/mol. The first-order chi connectivity index (χ1) is 29.1. The van der Waals surface area contributed by atoms with Gasteiger partial charge in [0.2, 0.25) is 0 Å². The molecule has 0 saturated heterocycles. The van der Waals surface area contributed by atoms with Gasteiger partial charge in [0.15, 0.2) is 6.10 Å². The van der Waals surface area contributed by atoms with Gasteiger partial charge in [0, 0.05) is 12.8 Å². The van der Waals surface area contributed by atoms with Gasteiger partial charge in [-0.05, 0) is 89.9 Å². The van der Waals surface area contributed by atoms with Crippen molar-refractivity contribution in [1.82, 2.24) is 0 Å². The Labute approximate surface area is 360 Å². The van der Waals surface area contributed by atoms with E-state index in [4.69, 9.17) is 24.8 Å². The van der Waals surface area contributed by atoms with E-state index in [1.165, 1.54) is 0 Å². The molecule has 0 fully saturated rings. The predicted octanol–water partition coefficient (Wildman–Crippen LogP) is 11.4. The number of allylic oxidation sites excluding steroid dienone is 22. The third-order valence-electron chi connectivity index (χ3n) is 7.91. The predicted molar refractivity (Wildman–Crippen MR) is 244 cm³/mol. The summed E-state index contributed by atoms with van der Waals surface area (Å²) in [6.45, 7) is 2.40. The van der Waals surface area contributed by atoms with Crippen molar-refractivity contribution in [3.8, 4) is 0 Å². The van der Waals surface area contributed by atoms with Gasteiger partial charge in [-0.3, -0.25) is 23.4 Å². The molecule has 3 atom stereocenters. The Hall–Kier alpha value is -4.38. The summed E-state index contributed by atoms with van der Waals surface area (Å²) < 4.78 is 32.5. The van der Waals surface area contributed by atoms with Gasteiger partial charge in [0.25, 0.3) is 0 Å². The van der Waals surface area contributed by atoms with Crippen molar-refractivity contribution < 1.29 is 47.5 Å². The van der Waals surface area contributed by atoms with E-state index < -0.39 is 57.7 Å². The first-order valence-corrected chi connectivity index (χ1v) is 22.7. The number of unbranched alkanes of at least 4 members (excludes halogenated alkanes) is 1. The number of carbonyl (C=O) groups is 3. The Morgan fingerprint density at radius 3 is 1.28 bits per heavy atom. The van der Waals surface area contributed by atoms with Crippen LogP contribution < -0.4 is 5.73 Å². The van der Waals surface area contributed by atoms with Crippen molar-refractivity contribution in [3.05, 3.63) is 134 Å². The number of carboxylic acids is 1. The molecule has 0 aromatic heterocycles. The van der Waals surface area contributed by atoms with E-state index in [0.717, 1.165) is 70.6 Å². The lowest BCUT2D eigenvalue weighted by Crippen LogP contribution is -2.34. The zero-order chi connectivity index (χ0) is 44.2. The molecule has 334 valence electrons. The number of nitrogens with two attached hydrogens (primary N) is 1. The normalized spacial score (nSPS) is 15.0. The van der Waals surface area contributed by atoms with Crippen LogP contribution in [0.15, 0.2) is 134 Å². The fraction of sp³-hybridized carbons (Fsp3) is 0.479. The second-order valence-corrected chi connectivity index (χ2v) is 14.8. The van der Waals surface area contributed by atoms with Gasteiger partial charge in [-0.2, -0.15) is 0 Å². The topological polar surface area (TPSA) is 172 Å². The Morgan fingerprint density at radius 2 is 0.883 bits per heavy atom. The first-order valence-electron chi connectivity index (χ1n) is 21.2. The minimum Gasteiger partial charge on any atom is -0.480 e. The standard InChI is InChI=1S/C48H72NO10P/c1-3-5-7-9-11-13-15-17-19-21-22-24-25-27-29-31-33-35-37-39-46(50)56-41-44(42-57-60(54,55)58-43-45(49)48(52)53)59-47(51)40-38-36-34-32-30-28-26-23-20-18-16-14-12-10-8-6-4-2/h5-8,11-14,17-20,22,24,26-29,32-35,44-45H,3-4,9-10,15-16,21,23,25,30-31,36-43,49H2,1-2H3,(H,52,53)(H,54,55)/b7-5-,8-6-,13-11-,14-12-,19-17-,20-18-,24-22-,28-26-,29-27-,34-32-,35-33-/t44-,45+/m1/s1. The fourth-order valence-corrected chi connectivity index (χ4v) is 5.43. The number of esters is 2. The summed E-state index contributed by atoms with van der Waals surface area (Å²) in [6.07, 6.45) is 56.8. The minimum absolute atomic E-state index is 0.0577. The molecule has 4 N–H and O–H groups in total. The highest BCUT2D eigenvalue weighted by Gasteiger charge is 2.28. The number of hydrogen-bond acceptors (Lipinski definition) is 9. The zero-order valence-corrected chi connectivity index (χ0v) is 36.9. The highest BCUT2D eigenvalue weighted by molar-refractivity contribution is 7.47. The van der Waals surface area contributed by atoms with Crippen LogP contribution in [0.1, 0.15) is 117 Å². The maximum atomic E-state index is 12.6.